The lowest BCUT2D eigenvalue weighted by Gasteiger charge is -2.23. The fourth-order valence-electron chi connectivity index (χ4n) is 3.65. The molecular formula is C21H25N3O2S. The Kier molecular flexibility index (Phi) is 5.16. The van der Waals surface area contributed by atoms with Crippen molar-refractivity contribution in [1.82, 2.24) is 15.1 Å². The Bertz CT molecular complexity index is 902. The number of carbonyl (C=O) groups is 1. The van der Waals surface area contributed by atoms with Gasteiger partial charge in [-0.25, -0.2) is 0 Å². The summed E-state index contributed by atoms with van der Waals surface area (Å²) in [5.74, 6) is 0.877. The molecule has 1 N–H and O–H groups in total. The molecule has 0 atom stereocenters. The van der Waals surface area contributed by atoms with E-state index in [-0.39, 0.29) is 5.91 Å². The van der Waals surface area contributed by atoms with E-state index in [9.17, 15) is 4.79 Å². The first-order valence-electron chi connectivity index (χ1n) is 9.57. The first-order chi connectivity index (χ1) is 13.1. The highest BCUT2D eigenvalue weighted by atomic mass is 32.1. The van der Waals surface area contributed by atoms with Gasteiger partial charge in [0.25, 0.3) is 5.91 Å². The van der Waals surface area contributed by atoms with E-state index in [1.54, 1.807) is 0 Å². The van der Waals surface area contributed by atoms with Gasteiger partial charge >= 0.3 is 0 Å². The van der Waals surface area contributed by atoms with Crippen molar-refractivity contribution in [3.63, 3.8) is 0 Å². The Labute approximate surface area is 163 Å². The van der Waals surface area contributed by atoms with Crippen LogP contribution in [0.2, 0.25) is 0 Å². The summed E-state index contributed by atoms with van der Waals surface area (Å²) in [7, 11) is 1.91. The third-order valence-corrected chi connectivity index (χ3v) is 6.35. The van der Waals surface area contributed by atoms with Gasteiger partial charge in [-0.2, -0.15) is 5.10 Å². The van der Waals surface area contributed by atoms with Crippen molar-refractivity contribution in [3.8, 4) is 5.75 Å². The minimum Gasteiger partial charge on any atom is -0.490 e. The predicted molar refractivity (Wildman–Crippen MR) is 108 cm³/mol. The zero-order valence-corrected chi connectivity index (χ0v) is 16.6. The summed E-state index contributed by atoms with van der Waals surface area (Å²) in [5.41, 5.74) is 2.02. The van der Waals surface area contributed by atoms with Gasteiger partial charge in [0.2, 0.25) is 0 Å². The summed E-state index contributed by atoms with van der Waals surface area (Å²) in [6.45, 7) is 2.47. The fourth-order valence-corrected chi connectivity index (χ4v) is 4.69. The number of nitrogens with one attached hydrogen (secondary N) is 1. The second kappa shape index (κ2) is 7.72. The van der Waals surface area contributed by atoms with Gasteiger partial charge in [0.15, 0.2) is 0 Å². The molecule has 6 heteroatoms. The number of thiophene rings is 1. The van der Waals surface area contributed by atoms with E-state index in [1.165, 1.54) is 30.6 Å². The second-order valence-electron chi connectivity index (χ2n) is 7.24. The predicted octanol–water partition coefficient (Wildman–Crippen LogP) is 4.58. The van der Waals surface area contributed by atoms with Gasteiger partial charge in [-0.3, -0.25) is 9.48 Å². The van der Waals surface area contributed by atoms with Crippen molar-refractivity contribution in [1.29, 1.82) is 0 Å². The van der Waals surface area contributed by atoms with Crippen molar-refractivity contribution < 1.29 is 9.53 Å². The van der Waals surface area contributed by atoms with Crippen LogP contribution in [-0.2, 0) is 13.6 Å². The van der Waals surface area contributed by atoms with Crippen LogP contribution < -0.4 is 10.1 Å². The monoisotopic (exact) mass is 383 g/mol. The number of ether oxygens (including phenoxy) is 1. The van der Waals surface area contributed by atoms with E-state index in [0.29, 0.717) is 12.6 Å². The number of fused-ring (bicyclic) bond motifs is 1. The minimum atomic E-state index is -0.0434. The number of carbonyl (C=O) groups excluding carboxylic acids is 1. The van der Waals surface area contributed by atoms with Crippen LogP contribution >= 0.6 is 11.3 Å². The standard InChI is InChI=1S/C21H25N3O2S/c1-14-18-12-19(27-21(18)24(2)23-14)20(25)22-13-15-8-10-17(11-9-15)26-16-6-4-3-5-7-16/h8-12,16H,3-7,13H2,1-2H3,(H,22,25). The Balaban J connectivity index is 1.34. The summed E-state index contributed by atoms with van der Waals surface area (Å²) in [6.07, 6.45) is 6.53. The third-order valence-electron chi connectivity index (χ3n) is 5.15. The third kappa shape index (κ3) is 4.00. The summed E-state index contributed by atoms with van der Waals surface area (Å²) < 4.78 is 7.89. The Morgan fingerprint density at radius 2 is 2.00 bits per heavy atom. The Morgan fingerprint density at radius 1 is 1.26 bits per heavy atom. The number of hydrogen-bond acceptors (Lipinski definition) is 4. The van der Waals surface area contributed by atoms with Crippen LogP contribution in [-0.4, -0.2) is 21.8 Å². The molecule has 1 aromatic carbocycles. The molecule has 1 saturated carbocycles. The molecule has 1 aliphatic carbocycles. The van der Waals surface area contributed by atoms with Crippen LogP contribution in [0, 0.1) is 6.92 Å². The van der Waals surface area contributed by atoms with Gasteiger partial charge < -0.3 is 10.1 Å². The van der Waals surface area contributed by atoms with Crippen LogP contribution in [0.15, 0.2) is 30.3 Å². The molecule has 0 spiro atoms. The van der Waals surface area contributed by atoms with Crippen LogP contribution in [0.1, 0.15) is 53.0 Å². The minimum absolute atomic E-state index is 0.0434. The molecule has 3 aromatic rings. The number of amides is 1. The van der Waals surface area contributed by atoms with E-state index < -0.39 is 0 Å². The number of aryl methyl sites for hydroxylation is 2. The van der Waals surface area contributed by atoms with Gasteiger partial charge in [0.05, 0.1) is 16.7 Å². The molecule has 142 valence electrons. The maximum atomic E-state index is 12.5. The lowest BCUT2D eigenvalue weighted by molar-refractivity contribution is 0.0955. The average Bonchev–Trinajstić information content (AvgIpc) is 3.23. The molecule has 4 rings (SSSR count). The van der Waals surface area contributed by atoms with E-state index in [2.05, 4.69) is 10.4 Å². The zero-order valence-electron chi connectivity index (χ0n) is 15.8. The van der Waals surface area contributed by atoms with Crippen LogP contribution in [0.25, 0.3) is 10.2 Å². The molecule has 0 unspecified atom stereocenters. The van der Waals surface area contributed by atoms with E-state index >= 15 is 0 Å². The van der Waals surface area contributed by atoms with Crippen molar-refractivity contribution >= 4 is 27.5 Å². The highest BCUT2D eigenvalue weighted by Gasteiger charge is 2.16. The van der Waals surface area contributed by atoms with Crippen LogP contribution in [0.5, 0.6) is 5.75 Å². The molecule has 2 aromatic heterocycles. The molecule has 2 heterocycles. The molecule has 0 bridgehead atoms. The van der Waals surface area contributed by atoms with E-state index in [4.69, 9.17) is 4.74 Å². The number of aromatic nitrogens is 2. The second-order valence-corrected chi connectivity index (χ2v) is 8.27. The van der Waals surface area contributed by atoms with Gasteiger partial charge in [-0.1, -0.05) is 18.6 Å². The first kappa shape index (κ1) is 18.0. The largest absolute Gasteiger partial charge is 0.490 e. The lowest BCUT2D eigenvalue weighted by atomic mass is 9.98. The van der Waals surface area contributed by atoms with Gasteiger partial charge in [0.1, 0.15) is 10.6 Å². The highest BCUT2D eigenvalue weighted by molar-refractivity contribution is 7.20. The quantitative estimate of drug-likeness (QED) is 0.701. The van der Waals surface area contributed by atoms with Crippen molar-refractivity contribution in [2.45, 2.75) is 51.7 Å². The molecule has 27 heavy (non-hydrogen) atoms. The van der Waals surface area contributed by atoms with Crippen molar-refractivity contribution in [2.24, 2.45) is 7.05 Å². The maximum absolute atomic E-state index is 12.5. The number of rotatable bonds is 5. The van der Waals surface area contributed by atoms with Gasteiger partial charge in [-0.05, 0) is 56.4 Å². The van der Waals surface area contributed by atoms with Crippen molar-refractivity contribution in [2.75, 3.05) is 0 Å². The van der Waals surface area contributed by atoms with E-state index in [0.717, 1.165) is 44.9 Å². The summed E-state index contributed by atoms with van der Waals surface area (Å²) in [4.78, 5) is 14.2. The van der Waals surface area contributed by atoms with Crippen LogP contribution in [0.4, 0.5) is 0 Å². The molecule has 1 aliphatic rings. The average molecular weight is 384 g/mol. The van der Waals surface area contributed by atoms with E-state index in [1.807, 2.05) is 49.0 Å². The molecule has 5 nitrogen and oxygen atoms in total. The van der Waals surface area contributed by atoms with Gasteiger partial charge in [-0.15, -0.1) is 11.3 Å². The number of nitrogens with zero attached hydrogens (tertiary/aromatic N) is 2. The maximum Gasteiger partial charge on any atom is 0.261 e. The lowest BCUT2D eigenvalue weighted by Crippen LogP contribution is -2.22. The molecule has 0 saturated heterocycles. The number of benzene rings is 1. The van der Waals surface area contributed by atoms with Crippen molar-refractivity contribution in [3.05, 3.63) is 46.5 Å². The smallest absolute Gasteiger partial charge is 0.261 e. The summed E-state index contributed by atoms with van der Waals surface area (Å²) in [6, 6.07) is 9.99. The molecule has 1 amide bonds. The fraction of sp³-hybridized carbons (Fsp3) is 0.429. The van der Waals surface area contributed by atoms with Crippen LogP contribution in [0.3, 0.4) is 0 Å². The summed E-state index contributed by atoms with van der Waals surface area (Å²) >= 11 is 1.48. The highest BCUT2D eigenvalue weighted by Crippen LogP contribution is 2.27. The Morgan fingerprint density at radius 3 is 2.70 bits per heavy atom. The molecular weight excluding hydrogens is 358 g/mol. The first-order valence-corrected chi connectivity index (χ1v) is 10.4. The van der Waals surface area contributed by atoms with Gasteiger partial charge in [0, 0.05) is 19.0 Å². The SMILES string of the molecule is Cc1nn(C)c2sc(C(=O)NCc3ccc(OC4CCCCC4)cc3)cc12. The molecule has 0 radical (unpaired) electrons. The summed E-state index contributed by atoms with van der Waals surface area (Å²) in [5, 5.41) is 8.44. The molecule has 0 aliphatic heterocycles. The topological polar surface area (TPSA) is 56.2 Å². The Hall–Kier alpha value is -2.34. The molecule has 1 fully saturated rings. The normalized spacial score (nSPS) is 15.2. The number of hydrogen-bond donors (Lipinski definition) is 1. The zero-order chi connectivity index (χ0) is 18.8.